The summed E-state index contributed by atoms with van der Waals surface area (Å²) in [6.07, 6.45) is 0. The summed E-state index contributed by atoms with van der Waals surface area (Å²) in [5, 5.41) is 4.10. The molecule has 2 N–H and O–H groups in total. The molecule has 5 heteroatoms. The third-order valence-electron chi connectivity index (χ3n) is 3.16. The second-order valence-corrected chi connectivity index (χ2v) is 5.43. The highest BCUT2D eigenvalue weighted by molar-refractivity contribution is 9.10. The molecule has 0 atom stereocenters. The van der Waals surface area contributed by atoms with Crippen LogP contribution in [-0.2, 0) is 0 Å². The lowest BCUT2D eigenvalue weighted by Crippen LogP contribution is -1.88. The predicted octanol–water partition coefficient (Wildman–Crippen LogP) is 4.56. The number of hydrogen-bond acceptors (Lipinski definition) is 4. The number of benzene rings is 1. The van der Waals surface area contributed by atoms with Gasteiger partial charge in [-0.25, -0.2) is 0 Å². The molecule has 2 aromatic heterocycles. The number of nitrogens with two attached hydrogens (primary N) is 1. The number of nitrogen functional groups attached to an aromatic ring is 1. The van der Waals surface area contributed by atoms with Crippen molar-refractivity contribution in [1.82, 2.24) is 5.16 Å². The van der Waals surface area contributed by atoms with Crippen molar-refractivity contribution in [2.75, 3.05) is 5.73 Å². The quantitative estimate of drug-likeness (QED) is 0.746. The number of furan rings is 1. The van der Waals surface area contributed by atoms with E-state index in [1.807, 2.05) is 44.2 Å². The van der Waals surface area contributed by atoms with Gasteiger partial charge in [0.1, 0.15) is 17.2 Å². The largest absolute Gasteiger partial charge is 0.466 e. The molecular formula is C15H13BrN2O2. The maximum absolute atomic E-state index is 5.96. The first-order valence-corrected chi connectivity index (χ1v) is 6.94. The van der Waals surface area contributed by atoms with Crippen LogP contribution in [0.1, 0.15) is 11.5 Å². The van der Waals surface area contributed by atoms with Crippen molar-refractivity contribution in [3.63, 3.8) is 0 Å². The second kappa shape index (κ2) is 4.83. The Balaban J connectivity index is 2.26. The van der Waals surface area contributed by atoms with Crippen LogP contribution in [0.5, 0.6) is 0 Å². The minimum Gasteiger partial charge on any atom is -0.466 e. The summed E-state index contributed by atoms with van der Waals surface area (Å²) in [6.45, 7) is 3.80. The summed E-state index contributed by atoms with van der Waals surface area (Å²) in [6, 6.07) is 9.76. The van der Waals surface area contributed by atoms with E-state index in [4.69, 9.17) is 14.7 Å². The maximum Gasteiger partial charge on any atom is 0.230 e. The summed E-state index contributed by atoms with van der Waals surface area (Å²) in [5.41, 5.74) is 9.27. The van der Waals surface area contributed by atoms with Gasteiger partial charge in [0.2, 0.25) is 5.88 Å². The van der Waals surface area contributed by atoms with Crippen molar-refractivity contribution < 1.29 is 8.94 Å². The third-order valence-corrected chi connectivity index (χ3v) is 3.85. The van der Waals surface area contributed by atoms with Crippen LogP contribution >= 0.6 is 15.9 Å². The number of anilines is 1. The first-order valence-electron chi connectivity index (χ1n) is 6.15. The number of rotatable bonds is 2. The normalized spacial score (nSPS) is 10.9. The summed E-state index contributed by atoms with van der Waals surface area (Å²) < 4.78 is 11.7. The van der Waals surface area contributed by atoms with Gasteiger partial charge in [0.25, 0.3) is 0 Å². The van der Waals surface area contributed by atoms with Gasteiger partial charge in [0.05, 0.1) is 5.56 Å². The third kappa shape index (κ3) is 2.04. The molecule has 3 aromatic rings. The van der Waals surface area contributed by atoms with E-state index >= 15 is 0 Å². The van der Waals surface area contributed by atoms with E-state index in [0.29, 0.717) is 11.6 Å². The second-order valence-electron chi connectivity index (χ2n) is 4.58. The highest BCUT2D eigenvalue weighted by atomic mass is 79.9. The molecule has 1 aromatic carbocycles. The van der Waals surface area contributed by atoms with Crippen molar-refractivity contribution in [3.05, 3.63) is 46.3 Å². The molecule has 0 amide bonds. The first kappa shape index (κ1) is 13.0. The van der Waals surface area contributed by atoms with E-state index in [1.165, 1.54) is 0 Å². The Morgan fingerprint density at radius 1 is 1.15 bits per heavy atom. The molecule has 0 unspecified atom stereocenters. The van der Waals surface area contributed by atoms with Gasteiger partial charge in [-0.2, -0.15) is 0 Å². The van der Waals surface area contributed by atoms with Gasteiger partial charge in [-0.05, 0) is 26.0 Å². The minimum atomic E-state index is 0.296. The molecule has 0 aliphatic rings. The molecule has 0 spiro atoms. The average Bonchev–Trinajstić information content (AvgIpc) is 2.93. The molecule has 2 heterocycles. The van der Waals surface area contributed by atoms with Crippen LogP contribution in [0.2, 0.25) is 0 Å². The number of aryl methyl sites for hydroxylation is 2. The molecule has 3 rings (SSSR count). The van der Waals surface area contributed by atoms with Gasteiger partial charge in [-0.15, -0.1) is 0 Å². The zero-order valence-corrected chi connectivity index (χ0v) is 12.7. The Morgan fingerprint density at radius 2 is 1.90 bits per heavy atom. The van der Waals surface area contributed by atoms with Crippen molar-refractivity contribution in [2.45, 2.75) is 13.8 Å². The fourth-order valence-corrected chi connectivity index (χ4v) is 2.76. The Morgan fingerprint density at radius 3 is 2.55 bits per heavy atom. The van der Waals surface area contributed by atoms with Crippen LogP contribution in [0.15, 0.2) is 43.7 Å². The van der Waals surface area contributed by atoms with E-state index < -0.39 is 0 Å². The Labute approximate surface area is 124 Å². The first-order chi connectivity index (χ1) is 9.58. The fourth-order valence-electron chi connectivity index (χ4n) is 2.28. The van der Waals surface area contributed by atoms with Crippen molar-refractivity contribution in [1.29, 1.82) is 0 Å². The highest BCUT2D eigenvalue weighted by Gasteiger charge is 2.22. The number of hydrogen-bond donors (Lipinski definition) is 1. The molecule has 0 bridgehead atoms. The summed E-state index contributed by atoms with van der Waals surface area (Å²) in [5.74, 6) is 1.92. The Hall–Kier alpha value is -2.01. The number of halogens is 1. The standard InChI is InChI=1S/C15H13BrN2O2/c1-8-7-11(9(2)19-8)14-13(15(17)20-18-14)10-5-3-4-6-12(10)16/h3-7H,17H2,1-2H3. The monoisotopic (exact) mass is 332 g/mol. The highest BCUT2D eigenvalue weighted by Crippen LogP contribution is 2.41. The van der Waals surface area contributed by atoms with Crippen LogP contribution in [0.4, 0.5) is 5.88 Å². The van der Waals surface area contributed by atoms with E-state index in [-0.39, 0.29) is 0 Å². The van der Waals surface area contributed by atoms with Crippen molar-refractivity contribution >= 4 is 21.8 Å². The van der Waals surface area contributed by atoms with Crippen LogP contribution in [0.3, 0.4) is 0 Å². The fraction of sp³-hybridized carbons (Fsp3) is 0.133. The van der Waals surface area contributed by atoms with Gasteiger partial charge in [0, 0.05) is 15.6 Å². The number of nitrogens with zero attached hydrogens (tertiary/aromatic N) is 1. The summed E-state index contributed by atoms with van der Waals surface area (Å²) in [4.78, 5) is 0. The SMILES string of the molecule is Cc1cc(-c2noc(N)c2-c2ccccc2Br)c(C)o1. The minimum absolute atomic E-state index is 0.296. The van der Waals surface area contributed by atoms with Gasteiger partial charge >= 0.3 is 0 Å². The topological polar surface area (TPSA) is 65.2 Å². The predicted molar refractivity (Wildman–Crippen MR) is 81.2 cm³/mol. The molecule has 4 nitrogen and oxygen atoms in total. The zero-order valence-electron chi connectivity index (χ0n) is 11.1. The molecule has 0 saturated heterocycles. The van der Waals surface area contributed by atoms with Crippen LogP contribution < -0.4 is 5.73 Å². The maximum atomic E-state index is 5.96. The molecule has 20 heavy (non-hydrogen) atoms. The summed E-state index contributed by atoms with van der Waals surface area (Å²) in [7, 11) is 0. The molecule has 0 aliphatic heterocycles. The molecule has 0 saturated carbocycles. The van der Waals surface area contributed by atoms with E-state index in [0.717, 1.165) is 32.7 Å². The lowest BCUT2D eigenvalue weighted by molar-refractivity contribution is 0.439. The lowest BCUT2D eigenvalue weighted by atomic mass is 10.0. The van der Waals surface area contributed by atoms with Gasteiger partial charge < -0.3 is 14.7 Å². The van der Waals surface area contributed by atoms with Gasteiger partial charge in [-0.3, -0.25) is 0 Å². The van der Waals surface area contributed by atoms with Gasteiger partial charge in [0.15, 0.2) is 0 Å². The number of aromatic nitrogens is 1. The van der Waals surface area contributed by atoms with Crippen molar-refractivity contribution in [2.24, 2.45) is 0 Å². The van der Waals surface area contributed by atoms with Crippen LogP contribution in [0.25, 0.3) is 22.4 Å². The Kier molecular flexibility index (Phi) is 3.14. The summed E-state index contributed by atoms with van der Waals surface area (Å²) >= 11 is 3.53. The van der Waals surface area contributed by atoms with E-state index in [9.17, 15) is 0 Å². The van der Waals surface area contributed by atoms with Crippen LogP contribution in [0, 0.1) is 13.8 Å². The average molecular weight is 333 g/mol. The molecule has 0 radical (unpaired) electrons. The van der Waals surface area contributed by atoms with Crippen LogP contribution in [-0.4, -0.2) is 5.16 Å². The Bertz CT molecular complexity index is 774. The lowest BCUT2D eigenvalue weighted by Gasteiger charge is -2.04. The van der Waals surface area contributed by atoms with E-state index in [2.05, 4.69) is 21.1 Å². The zero-order chi connectivity index (χ0) is 14.3. The van der Waals surface area contributed by atoms with Gasteiger partial charge in [-0.1, -0.05) is 39.3 Å². The molecule has 102 valence electrons. The van der Waals surface area contributed by atoms with Crippen molar-refractivity contribution in [3.8, 4) is 22.4 Å². The van der Waals surface area contributed by atoms with E-state index in [1.54, 1.807) is 0 Å². The molecule has 0 fully saturated rings. The molecule has 0 aliphatic carbocycles. The smallest absolute Gasteiger partial charge is 0.230 e. The molecular weight excluding hydrogens is 320 g/mol.